The molecule has 0 spiro atoms. The maximum absolute atomic E-state index is 12.4. The van der Waals surface area contributed by atoms with Crippen LogP contribution in [0.25, 0.3) is 0 Å². The van der Waals surface area contributed by atoms with E-state index in [4.69, 9.17) is 5.73 Å². The molecule has 1 saturated carbocycles. The zero-order valence-electron chi connectivity index (χ0n) is 9.80. The first kappa shape index (κ1) is 12.4. The van der Waals surface area contributed by atoms with Gasteiger partial charge in [-0.2, -0.15) is 13.2 Å². The lowest BCUT2D eigenvalue weighted by molar-refractivity contribution is -0.137. The van der Waals surface area contributed by atoms with Crippen LogP contribution in [0.15, 0.2) is 18.3 Å². The molecule has 1 aliphatic carbocycles. The summed E-state index contributed by atoms with van der Waals surface area (Å²) in [5.74, 6) is 0. The Morgan fingerprint density at radius 2 is 1.82 bits per heavy atom. The molecule has 0 atom stereocenters. The number of hydrogen-bond acceptors (Lipinski definition) is 2. The van der Waals surface area contributed by atoms with Crippen molar-refractivity contribution in [2.24, 2.45) is 5.73 Å². The summed E-state index contributed by atoms with van der Waals surface area (Å²) >= 11 is 0. The Bertz CT molecular complexity index is 416. The molecule has 0 saturated heterocycles. The molecule has 0 unspecified atom stereocenters. The van der Waals surface area contributed by atoms with E-state index in [0.29, 0.717) is 5.69 Å². The van der Waals surface area contributed by atoms with Gasteiger partial charge in [0.2, 0.25) is 0 Å². The zero-order chi connectivity index (χ0) is 12.9. The molecule has 17 heavy (non-hydrogen) atoms. The molecule has 1 heterocycles. The number of alkyl halides is 3. The largest absolute Gasteiger partial charge is 0.417 e. The van der Waals surface area contributed by atoms with E-state index in [1.165, 1.54) is 6.07 Å². The number of nitrogens with two attached hydrogens (primary N) is 1. The first-order valence-corrected chi connectivity index (χ1v) is 5.49. The molecule has 0 amide bonds. The SMILES string of the molecule is CC(C)(c1ccc(C(F)(F)F)cn1)C1(N)CC1. The van der Waals surface area contributed by atoms with Gasteiger partial charge in [-0.25, -0.2) is 0 Å². The van der Waals surface area contributed by atoms with Crippen molar-refractivity contribution in [3.8, 4) is 0 Å². The fourth-order valence-electron chi connectivity index (χ4n) is 1.95. The summed E-state index contributed by atoms with van der Waals surface area (Å²) in [5, 5.41) is 0. The maximum atomic E-state index is 12.4. The Balaban J connectivity index is 2.30. The zero-order valence-corrected chi connectivity index (χ0v) is 9.80. The van der Waals surface area contributed by atoms with Crippen molar-refractivity contribution in [3.63, 3.8) is 0 Å². The Kier molecular flexibility index (Phi) is 2.51. The summed E-state index contributed by atoms with van der Waals surface area (Å²) in [6.07, 6.45) is -1.68. The average molecular weight is 244 g/mol. The van der Waals surface area contributed by atoms with Gasteiger partial charge in [-0.05, 0) is 25.0 Å². The molecule has 0 aliphatic heterocycles. The van der Waals surface area contributed by atoms with Crippen LogP contribution in [0.5, 0.6) is 0 Å². The van der Waals surface area contributed by atoms with Crippen LogP contribution in [-0.4, -0.2) is 10.5 Å². The van der Waals surface area contributed by atoms with Crippen molar-refractivity contribution in [1.29, 1.82) is 0 Å². The molecule has 2 nitrogen and oxygen atoms in total. The summed E-state index contributed by atoms with van der Waals surface area (Å²) in [4.78, 5) is 3.92. The summed E-state index contributed by atoms with van der Waals surface area (Å²) < 4.78 is 37.2. The monoisotopic (exact) mass is 244 g/mol. The third-order valence-corrected chi connectivity index (χ3v) is 3.76. The second kappa shape index (κ2) is 3.45. The third kappa shape index (κ3) is 2.04. The van der Waals surface area contributed by atoms with E-state index in [-0.39, 0.29) is 5.54 Å². The minimum atomic E-state index is -4.34. The number of nitrogens with zero attached hydrogens (tertiary/aromatic N) is 1. The summed E-state index contributed by atoms with van der Waals surface area (Å²) in [6, 6.07) is 2.49. The second-order valence-electron chi connectivity index (χ2n) is 5.21. The Labute approximate surface area is 98.0 Å². The summed E-state index contributed by atoms with van der Waals surface area (Å²) in [6.45, 7) is 3.85. The highest BCUT2D eigenvalue weighted by Crippen LogP contribution is 2.48. The van der Waals surface area contributed by atoms with Gasteiger partial charge in [-0.3, -0.25) is 4.98 Å². The lowest BCUT2D eigenvalue weighted by Crippen LogP contribution is -2.43. The molecule has 2 N–H and O–H groups in total. The van der Waals surface area contributed by atoms with Crippen molar-refractivity contribution < 1.29 is 13.2 Å². The molecule has 1 fully saturated rings. The molecule has 0 bridgehead atoms. The van der Waals surface area contributed by atoms with Gasteiger partial charge in [0.1, 0.15) is 0 Å². The van der Waals surface area contributed by atoms with Crippen LogP contribution < -0.4 is 5.73 Å². The predicted octanol–water partition coefficient (Wildman–Crippen LogP) is 2.87. The van der Waals surface area contributed by atoms with Crippen LogP contribution in [0.3, 0.4) is 0 Å². The Hall–Kier alpha value is -1.10. The van der Waals surface area contributed by atoms with Crippen molar-refractivity contribution in [1.82, 2.24) is 4.98 Å². The van der Waals surface area contributed by atoms with Crippen LogP contribution in [0.2, 0.25) is 0 Å². The normalized spacial score (nSPS) is 19.2. The number of aromatic nitrogens is 1. The van der Waals surface area contributed by atoms with Crippen LogP contribution in [0, 0.1) is 0 Å². The number of hydrogen-bond donors (Lipinski definition) is 1. The van der Waals surface area contributed by atoms with Crippen LogP contribution in [-0.2, 0) is 11.6 Å². The van der Waals surface area contributed by atoms with Crippen molar-refractivity contribution >= 4 is 0 Å². The quantitative estimate of drug-likeness (QED) is 0.868. The lowest BCUT2D eigenvalue weighted by Gasteiger charge is -2.31. The van der Waals surface area contributed by atoms with Gasteiger partial charge >= 0.3 is 6.18 Å². The Morgan fingerprint density at radius 3 is 2.18 bits per heavy atom. The number of pyridine rings is 1. The van der Waals surface area contributed by atoms with E-state index in [2.05, 4.69) is 4.98 Å². The Morgan fingerprint density at radius 1 is 1.24 bits per heavy atom. The summed E-state index contributed by atoms with van der Waals surface area (Å²) in [5.41, 5.74) is 5.30. The third-order valence-electron chi connectivity index (χ3n) is 3.76. The first-order chi connectivity index (χ1) is 7.67. The smallest absolute Gasteiger partial charge is 0.324 e. The molecule has 1 aromatic rings. The van der Waals surface area contributed by atoms with Crippen molar-refractivity contribution in [3.05, 3.63) is 29.6 Å². The van der Waals surface area contributed by atoms with E-state index >= 15 is 0 Å². The molecule has 94 valence electrons. The van der Waals surface area contributed by atoms with Crippen LogP contribution >= 0.6 is 0 Å². The number of halogens is 3. The molecule has 0 aromatic carbocycles. The molecular weight excluding hydrogens is 229 g/mol. The van der Waals surface area contributed by atoms with Crippen LogP contribution in [0.1, 0.15) is 37.9 Å². The van der Waals surface area contributed by atoms with E-state index < -0.39 is 17.2 Å². The van der Waals surface area contributed by atoms with Gasteiger partial charge in [0.05, 0.1) is 5.56 Å². The van der Waals surface area contributed by atoms with Crippen molar-refractivity contribution in [2.75, 3.05) is 0 Å². The highest BCUT2D eigenvalue weighted by Gasteiger charge is 2.52. The molecule has 2 rings (SSSR count). The fraction of sp³-hybridized carbons (Fsp3) is 0.583. The minimum absolute atomic E-state index is 0.320. The minimum Gasteiger partial charge on any atom is -0.324 e. The van der Waals surface area contributed by atoms with Gasteiger partial charge in [0.25, 0.3) is 0 Å². The maximum Gasteiger partial charge on any atom is 0.417 e. The fourth-order valence-corrected chi connectivity index (χ4v) is 1.95. The van der Waals surface area contributed by atoms with E-state index in [1.54, 1.807) is 0 Å². The molecule has 0 radical (unpaired) electrons. The standard InChI is InChI=1S/C12H15F3N2/c1-10(2,11(16)5-6-11)9-4-3-8(7-17-9)12(13,14)15/h3-4,7H,5-6,16H2,1-2H3. The van der Waals surface area contributed by atoms with Gasteiger partial charge in [0, 0.05) is 22.8 Å². The van der Waals surface area contributed by atoms with E-state index in [1.807, 2.05) is 13.8 Å². The van der Waals surface area contributed by atoms with E-state index in [0.717, 1.165) is 25.1 Å². The van der Waals surface area contributed by atoms with Gasteiger partial charge in [0.15, 0.2) is 0 Å². The van der Waals surface area contributed by atoms with Crippen LogP contribution in [0.4, 0.5) is 13.2 Å². The topological polar surface area (TPSA) is 38.9 Å². The lowest BCUT2D eigenvalue weighted by atomic mass is 9.79. The van der Waals surface area contributed by atoms with Gasteiger partial charge in [-0.1, -0.05) is 13.8 Å². The summed E-state index contributed by atoms with van der Waals surface area (Å²) in [7, 11) is 0. The highest BCUT2D eigenvalue weighted by atomic mass is 19.4. The van der Waals surface area contributed by atoms with Crippen molar-refractivity contribution in [2.45, 2.75) is 43.8 Å². The first-order valence-electron chi connectivity index (χ1n) is 5.49. The molecule has 1 aliphatic rings. The number of rotatable bonds is 2. The van der Waals surface area contributed by atoms with E-state index in [9.17, 15) is 13.2 Å². The van der Waals surface area contributed by atoms with Gasteiger partial charge in [-0.15, -0.1) is 0 Å². The highest BCUT2D eigenvalue weighted by molar-refractivity contribution is 5.29. The second-order valence-corrected chi connectivity index (χ2v) is 5.21. The molecular formula is C12H15F3N2. The van der Waals surface area contributed by atoms with Gasteiger partial charge < -0.3 is 5.73 Å². The molecule has 5 heteroatoms. The predicted molar refractivity (Wildman–Crippen MR) is 58.4 cm³/mol. The average Bonchev–Trinajstić information content (AvgIpc) is 2.97. The molecule has 1 aromatic heterocycles.